The zero-order valence-corrected chi connectivity index (χ0v) is 64.9. The molecule has 0 bridgehead atoms. The summed E-state index contributed by atoms with van der Waals surface area (Å²) < 4.78 is 43.0. The number of methoxy groups -OCH3 is 2. The fourth-order valence-electron chi connectivity index (χ4n) is 14.1. The molecule has 5 heterocycles. The number of piperazine rings is 1. The van der Waals surface area contributed by atoms with E-state index in [4.69, 9.17) is 33.2 Å². The van der Waals surface area contributed by atoms with E-state index >= 15 is 4.79 Å². The molecule has 1 saturated heterocycles. The molecule has 23 nitrogen and oxygen atoms in total. The van der Waals surface area contributed by atoms with Crippen LogP contribution in [-0.2, 0) is 33.4 Å². The number of nitrogens with one attached hydrogen (secondary N) is 3. The van der Waals surface area contributed by atoms with E-state index in [2.05, 4.69) is 108 Å². The smallest absolute Gasteiger partial charge is 0.407 e. The summed E-state index contributed by atoms with van der Waals surface area (Å²) in [5.74, 6) is -1.80. The summed E-state index contributed by atoms with van der Waals surface area (Å²) in [5, 5.41) is 8.34. The molecule has 3 N–H and O–H groups in total. The zero-order chi connectivity index (χ0) is 75.3. The Kier molecular flexibility index (Phi) is 23.3. The number of carbonyl (C=O) groups excluding carboxylic acids is 7. The van der Waals surface area contributed by atoms with Crippen LogP contribution in [0.2, 0.25) is 51.4 Å². The monoisotopic (exact) mass is 1480 g/mol. The molecule has 106 heavy (non-hydrogen) atoms. The van der Waals surface area contributed by atoms with E-state index in [1.807, 2.05) is 42.6 Å². The van der Waals surface area contributed by atoms with Gasteiger partial charge in [-0.3, -0.25) is 38.6 Å². The first-order valence-electron chi connectivity index (χ1n) is 36.7. The van der Waals surface area contributed by atoms with Crippen molar-refractivity contribution >= 4 is 91.6 Å². The van der Waals surface area contributed by atoms with Crippen LogP contribution >= 0.6 is 0 Å². The summed E-state index contributed by atoms with van der Waals surface area (Å²) in [7, 11) is 2.07. The van der Waals surface area contributed by atoms with Crippen molar-refractivity contribution in [3.63, 3.8) is 0 Å². The first-order chi connectivity index (χ1) is 50.8. The molecule has 0 radical (unpaired) electrons. The van der Waals surface area contributed by atoms with Gasteiger partial charge in [-0.05, 0) is 113 Å². The number of benzene rings is 6. The lowest BCUT2D eigenvalue weighted by atomic mass is 9.98. The van der Waals surface area contributed by atoms with Gasteiger partial charge in [0.15, 0.2) is 23.0 Å². The molecule has 0 saturated carbocycles. The largest absolute Gasteiger partial charge is 0.493 e. The molecular weight excluding hydrogens is 1380 g/mol. The molecule has 1 unspecified atom stereocenters. The van der Waals surface area contributed by atoms with Crippen LogP contribution in [0.4, 0.5) is 27.5 Å². The highest BCUT2D eigenvalue weighted by Gasteiger charge is 2.46. The Hall–Kier alpha value is -9.80. The number of alkyl carbamates (subject to hydrolysis) is 1. The number of rotatable bonds is 29. The molecule has 0 aromatic heterocycles. The van der Waals surface area contributed by atoms with Crippen LogP contribution in [0.15, 0.2) is 134 Å². The molecule has 6 aromatic rings. The molecule has 1 fully saturated rings. The van der Waals surface area contributed by atoms with Crippen molar-refractivity contribution < 1.29 is 66.7 Å². The average Bonchev–Trinajstić information content (AvgIpc) is 1.61. The number of carbonyl (C=O) groups is 7. The molecule has 6 aliphatic rings. The SMILES string of the molecule is COc1cc2c(cc1OCCCOc1cc3c(cc1OC)C(=O)N1C=C(c4ccc(NC(=O)[C@H](C)NC(=O)[C@@H](NC(=O)OCC5c6ccccc6-c6ccccc65)C(C)C)cc4)C[C@H]1C(=O)N3COCC[Si](C)(C)C)N(COCC[Si](C)(C)C)C(=O)C1CC(c3ccc(N4CCN(C)CC4)cc3)=CN1C2=O. The van der Waals surface area contributed by atoms with Crippen molar-refractivity contribution in [3.8, 4) is 34.1 Å². The Bertz CT molecular complexity index is 4310. The van der Waals surface area contributed by atoms with Gasteiger partial charge >= 0.3 is 6.09 Å². The van der Waals surface area contributed by atoms with Crippen LogP contribution in [0, 0.1) is 5.92 Å². The first kappa shape index (κ1) is 75.9. The maximum absolute atomic E-state index is 15.1. The molecule has 0 spiro atoms. The van der Waals surface area contributed by atoms with Crippen molar-refractivity contribution in [2.75, 3.05) is 114 Å². The van der Waals surface area contributed by atoms with Crippen LogP contribution in [0.1, 0.15) is 88.9 Å². The molecular formula is C81H99N9O14Si2. The van der Waals surface area contributed by atoms with E-state index in [0.29, 0.717) is 65.8 Å². The normalized spacial score (nSPS) is 17.8. The van der Waals surface area contributed by atoms with Gasteiger partial charge in [0, 0.05) is 117 Å². The molecule has 1 aliphatic carbocycles. The highest BCUT2D eigenvalue weighted by Crippen LogP contribution is 2.47. The van der Waals surface area contributed by atoms with E-state index in [0.717, 1.165) is 77.3 Å². The van der Waals surface area contributed by atoms with Gasteiger partial charge in [0.25, 0.3) is 23.6 Å². The minimum Gasteiger partial charge on any atom is -0.493 e. The lowest BCUT2D eigenvalue weighted by Crippen LogP contribution is -2.53. The molecule has 25 heteroatoms. The highest BCUT2D eigenvalue weighted by molar-refractivity contribution is 6.76. The fraction of sp³-hybridized carbons (Fsp3) is 0.420. The maximum Gasteiger partial charge on any atom is 0.407 e. The van der Waals surface area contributed by atoms with Crippen LogP contribution in [0.3, 0.4) is 0 Å². The number of nitrogens with zero attached hydrogens (tertiary/aromatic N) is 6. The van der Waals surface area contributed by atoms with Crippen molar-refractivity contribution in [2.24, 2.45) is 5.92 Å². The van der Waals surface area contributed by atoms with Gasteiger partial charge in [-0.25, -0.2) is 4.79 Å². The van der Waals surface area contributed by atoms with Crippen LogP contribution in [-0.4, -0.2) is 190 Å². The number of anilines is 4. The van der Waals surface area contributed by atoms with Gasteiger partial charge in [0.05, 0.1) is 49.9 Å². The van der Waals surface area contributed by atoms with Crippen LogP contribution in [0.25, 0.3) is 22.3 Å². The van der Waals surface area contributed by atoms with Gasteiger partial charge in [-0.15, -0.1) is 0 Å². The fourth-order valence-corrected chi connectivity index (χ4v) is 15.7. The van der Waals surface area contributed by atoms with Gasteiger partial charge in [0.1, 0.15) is 44.2 Å². The third-order valence-electron chi connectivity index (χ3n) is 20.5. The van der Waals surface area contributed by atoms with Crippen molar-refractivity contribution in [1.82, 2.24) is 25.3 Å². The van der Waals surface area contributed by atoms with Crippen LogP contribution in [0.5, 0.6) is 23.0 Å². The summed E-state index contributed by atoms with van der Waals surface area (Å²) in [6.07, 6.45) is 3.60. The van der Waals surface area contributed by atoms with Crippen molar-refractivity contribution in [3.05, 3.63) is 167 Å². The predicted octanol–water partition coefficient (Wildman–Crippen LogP) is 12.1. The van der Waals surface area contributed by atoms with E-state index in [1.165, 1.54) is 24.0 Å². The topological polar surface area (TPSA) is 240 Å². The lowest BCUT2D eigenvalue weighted by molar-refractivity contribution is -0.128. The van der Waals surface area contributed by atoms with E-state index in [-0.39, 0.29) is 91.9 Å². The molecule has 7 amide bonds. The second-order valence-electron chi connectivity index (χ2n) is 30.8. The molecule has 4 atom stereocenters. The summed E-state index contributed by atoms with van der Waals surface area (Å²) in [6.45, 7) is 23.5. The Morgan fingerprint density at radius 3 is 1.48 bits per heavy atom. The minimum absolute atomic E-state index is 0.0661. The first-order valence-corrected chi connectivity index (χ1v) is 44.1. The summed E-state index contributed by atoms with van der Waals surface area (Å²) in [6, 6.07) is 36.0. The van der Waals surface area contributed by atoms with Gasteiger partial charge < -0.3 is 68.7 Å². The maximum atomic E-state index is 15.1. The van der Waals surface area contributed by atoms with Gasteiger partial charge in [0.2, 0.25) is 11.8 Å². The number of likely N-dealkylation sites (N-methyl/N-ethyl adjacent to an activating group) is 1. The highest BCUT2D eigenvalue weighted by atomic mass is 28.3. The molecule has 560 valence electrons. The Labute approximate surface area is 623 Å². The van der Waals surface area contributed by atoms with Crippen molar-refractivity contribution in [2.45, 2.75) is 121 Å². The number of amides is 7. The third-order valence-corrected chi connectivity index (χ3v) is 23.9. The Morgan fingerprint density at radius 1 is 0.547 bits per heavy atom. The minimum atomic E-state index is -1.55. The van der Waals surface area contributed by atoms with Gasteiger partial charge in [-0.2, -0.15) is 0 Å². The quantitative estimate of drug-likeness (QED) is 0.0292. The van der Waals surface area contributed by atoms with E-state index in [9.17, 15) is 28.8 Å². The molecule has 5 aliphatic heterocycles. The standard InChI is InChI=1S/C81H99N9O14Si2/c1-51(2)74(84-81(97)104-48-65-61-20-15-13-18-59(61)60-19-14-16-21-62(60)65)76(92)82-52(3)75(91)83-57-26-22-53(23-27-57)55-40-68-79(95)89(49-100-36-38-105(7,8)9)66-44-72(70(98-5)42-63(66)77(93)87(68)46-55)102-34-17-35-103-73-45-67-64(43-71(73)99-6)78(94)88-47-56(41-69(88)80(96)90(67)50-101-37-39-106(10,11)12)54-24-28-58(29-25-54)86-32-30-85(4)31-33-86/h13-16,18-29,42-47,51-52,65,68-69,74H,17,30-41,48-50H2,1-12H3,(H,82,92)(H,83,91)(H,84,97)/t52-,68-,69?,74-/m0/s1. The number of fused-ring (bicyclic) bond motifs is 7. The summed E-state index contributed by atoms with van der Waals surface area (Å²) >= 11 is 0. The van der Waals surface area contributed by atoms with E-state index < -0.39 is 64.1 Å². The zero-order valence-electron chi connectivity index (χ0n) is 62.9. The second-order valence-corrected chi connectivity index (χ2v) is 42.1. The number of hydrogen-bond acceptors (Lipinski definition) is 16. The number of hydrogen-bond donors (Lipinski definition) is 3. The number of ether oxygens (including phenoxy) is 7. The Morgan fingerprint density at radius 2 is 1.02 bits per heavy atom. The van der Waals surface area contributed by atoms with Crippen LogP contribution < -0.4 is 49.6 Å². The Balaban J connectivity index is 0.695. The average molecular weight is 1480 g/mol. The second kappa shape index (κ2) is 32.5. The summed E-state index contributed by atoms with van der Waals surface area (Å²) in [5.41, 5.74) is 10.3. The predicted molar refractivity (Wildman–Crippen MR) is 415 cm³/mol. The van der Waals surface area contributed by atoms with Crippen molar-refractivity contribution in [1.29, 1.82) is 0 Å². The lowest BCUT2D eigenvalue weighted by Gasteiger charge is -2.34. The third kappa shape index (κ3) is 17.0. The van der Waals surface area contributed by atoms with E-state index in [1.54, 1.807) is 85.3 Å². The molecule has 6 aromatic carbocycles. The van der Waals surface area contributed by atoms with Gasteiger partial charge in [-0.1, -0.05) is 126 Å². The summed E-state index contributed by atoms with van der Waals surface area (Å²) in [4.78, 5) is 111. The molecule has 12 rings (SSSR count).